The van der Waals surface area contributed by atoms with Gasteiger partial charge in [-0.15, -0.1) is 0 Å². The Bertz CT molecular complexity index is 1010. The predicted octanol–water partition coefficient (Wildman–Crippen LogP) is 5.15. The van der Waals surface area contributed by atoms with Gasteiger partial charge in [-0.2, -0.15) is 0 Å². The molecule has 150 valence electrons. The first kappa shape index (κ1) is 20.3. The van der Waals surface area contributed by atoms with Crippen molar-refractivity contribution in [1.82, 2.24) is 0 Å². The number of carbonyl (C=O) groups is 1. The topological polar surface area (TPSA) is 56.8 Å². The van der Waals surface area contributed by atoms with Crippen LogP contribution in [0.1, 0.15) is 27.0 Å². The minimum atomic E-state index is -0.181. The molecule has 0 saturated heterocycles. The van der Waals surface area contributed by atoms with Crippen LogP contribution >= 0.6 is 0 Å². The first-order chi connectivity index (χ1) is 14.0. The number of aryl methyl sites for hydroxylation is 2. The Labute approximate surface area is 171 Å². The van der Waals surface area contributed by atoms with Crippen molar-refractivity contribution in [3.63, 3.8) is 0 Å². The highest BCUT2D eigenvalue weighted by Crippen LogP contribution is 2.29. The summed E-state index contributed by atoms with van der Waals surface area (Å²) in [6.45, 7) is 4.21. The number of hydrogen-bond acceptors (Lipinski definition) is 4. The van der Waals surface area contributed by atoms with Crippen LogP contribution in [0.4, 0.5) is 5.69 Å². The first-order valence-corrected chi connectivity index (χ1v) is 9.33. The fraction of sp³-hybridized carbons (Fsp3) is 0.208. The summed E-state index contributed by atoms with van der Waals surface area (Å²) in [5.74, 6) is 1.75. The van der Waals surface area contributed by atoms with E-state index in [-0.39, 0.29) is 12.5 Å². The summed E-state index contributed by atoms with van der Waals surface area (Å²) in [6.07, 6.45) is 0. The maximum absolute atomic E-state index is 12.8. The number of carbonyl (C=O) groups excluding carboxylic acids is 1. The first-order valence-electron chi connectivity index (χ1n) is 9.33. The Morgan fingerprint density at radius 2 is 1.59 bits per heavy atom. The van der Waals surface area contributed by atoms with Gasteiger partial charge in [0.15, 0.2) is 11.5 Å². The summed E-state index contributed by atoms with van der Waals surface area (Å²) in [5.41, 5.74) is 4.21. The van der Waals surface area contributed by atoms with Crippen LogP contribution in [0.5, 0.6) is 17.2 Å². The molecule has 5 nitrogen and oxygen atoms in total. The molecular weight excluding hydrogens is 366 g/mol. The van der Waals surface area contributed by atoms with Crippen molar-refractivity contribution in [2.45, 2.75) is 20.5 Å². The van der Waals surface area contributed by atoms with Gasteiger partial charge in [0.05, 0.1) is 14.2 Å². The standard InChI is InChI=1S/C24H25NO4/c1-16-9-10-17(2)20(13-16)25-24(26)18-11-12-21(27-3)19(14-18)15-29-23-8-6-5-7-22(23)28-4/h5-14H,15H2,1-4H3,(H,25,26). The minimum absolute atomic E-state index is 0.181. The molecule has 1 N–H and O–H groups in total. The highest BCUT2D eigenvalue weighted by molar-refractivity contribution is 6.04. The number of amides is 1. The van der Waals surface area contributed by atoms with E-state index in [2.05, 4.69) is 5.32 Å². The molecule has 5 heteroatoms. The molecule has 0 fully saturated rings. The number of anilines is 1. The molecule has 0 saturated carbocycles. The molecule has 0 unspecified atom stereocenters. The van der Waals surface area contributed by atoms with Crippen LogP contribution in [0.2, 0.25) is 0 Å². The zero-order valence-corrected chi connectivity index (χ0v) is 17.1. The second kappa shape index (κ2) is 9.15. The lowest BCUT2D eigenvalue weighted by molar-refractivity contribution is 0.102. The zero-order chi connectivity index (χ0) is 20.8. The Morgan fingerprint density at radius 1 is 0.862 bits per heavy atom. The predicted molar refractivity (Wildman–Crippen MR) is 114 cm³/mol. The molecule has 0 radical (unpaired) electrons. The van der Waals surface area contributed by atoms with E-state index >= 15 is 0 Å². The third-order valence-corrected chi connectivity index (χ3v) is 4.64. The number of ether oxygens (including phenoxy) is 3. The van der Waals surface area contributed by atoms with Gasteiger partial charge >= 0.3 is 0 Å². The average molecular weight is 391 g/mol. The van der Waals surface area contributed by atoms with Gasteiger partial charge in [0.2, 0.25) is 0 Å². The summed E-state index contributed by atoms with van der Waals surface area (Å²) in [6, 6.07) is 18.7. The van der Waals surface area contributed by atoms with E-state index in [1.807, 2.05) is 56.3 Å². The van der Waals surface area contributed by atoms with Crippen LogP contribution in [-0.4, -0.2) is 20.1 Å². The molecule has 3 aromatic rings. The van der Waals surface area contributed by atoms with Gasteiger partial charge < -0.3 is 19.5 Å². The monoisotopic (exact) mass is 391 g/mol. The second-order valence-electron chi connectivity index (χ2n) is 6.74. The van der Waals surface area contributed by atoms with Crippen LogP contribution in [0.15, 0.2) is 60.7 Å². The number of benzene rings is 3. The second-order valence-corrected chi connectivity index (χ2v) is 6.74. The van der Waals surface area contributed by atoms with E-state index in [0.29, 0.717) is 22.8 Å². The Morgan fingerprint density at radius 3 is 2.31 bits per heavy atom. The quantitative estimate of drug-likeness (QED) is 0.605. The molecule has 0 aliphatic carbocycles. The fourth-order valence-electron chi connectivity index (χ4n) is 2.99. The number of methoxy groups -OCH3 is 2. The molecule has 1 amide bonds. The van der Waals surface area contributed by atoms with E-state index in [1.165, 1.54) is 0 Å². The van der Waals surface area contributed by atoms with Gasteiger partial charge in [0, 0.05) is 16.8 Å². The third kappa shape index (κ3) is 4.88. The SMILES string of the molecule is COc1ccc(C(=O)Nc2cc(C)ccc2C)cc1COc1ccccc1OC. The van der Waals surface area contributed by atoms with Crippen LogP contribution < -0.4 is 19.5 Å². The van der Waals surface area contributed by atoms with E-state index in [0.717, 1.165) is 22.4 Å². The molecular formula is C24H25NO4. The Hall–Kier alpha value is -3.47. The van der Waals surface area contributed by atoms with Gasteiger partial charge in [-0.1, -0.05) is 24.3 Å². The molecule has 0 aliphatic heterocycles. The summed E-state index contributed by atoms with van der Waals surface area (Å²) in [5, 5.41) is 2.98. The molecule has 0 bridgehead atoms. The smallest absolute Gasteiger partial charge is 0.255 e. The highest BCUT2D eigenvalue weighted by atomic mass is 16.5. The average Bonchev–Trinajstić information content (AvgIpc) is 2.74. The minimum Gasteiger partial charge on any atom is -0.496 e. The van der Waals surface area contributed by atoms with Crippen molar-refractivity contribution in [2.24, 2.45) is 0 Å². The van der Waals surface area contributed by atoms with Crippen molar-refractivity contribution in [2.75, 3.05) is 19.5 Å². The largest absolute Gasteiger partial charge is 0.496 e. The van der Waals surface area contributed by atoms with Crippen molar-refractivity contribution in [3.05, 3.63) is 82.9 Å². The zero-order valence-electron chi connectivity index (χ0n) is 17.1. The lowest BCUT2D eigenvalue weighted by atomic mass is 10.1. The molecule has 0 aromatic heterocycles. The van der Waals surface area contributed by atoms with Crippen molar-refractivity contribution in [1.29, 1.82) is 0 Å². The van der Waals surface area contributed by atoms with Crippen LogP contribution in [0, 0.1) is 13.8 Å². The lowest BCUT2D eigenvalue weighted by Crippen LogP contribution is -2.14. The van der Waals surface area contributed by atoms with Crippen molar-refractivity contribution in [3.8, 4) is 17.2 Å². The third-order valence-electron chi connectivity index (χ3n) is 4.64. The molecule has 0 aliphatic rings. The van der Waals surface area contributed by atoms with Crippen molar-refractivity contribution >= 4 is 11.6 Å². The normalized spacial score (nSPS) is 10.3. The summed E-state index contributed by atoms with van der Waals surface area (Å²) in [4.78, 5) is 12.8. The molecule has 0 heterocycles. The van der Waals surface area contributed by atoms with Gasteiger partial charge in [-0.05, 0) is 61.4 Å². The summed E-state index contributed by atoms with van der Waals surface area (Å²) < 4.78 is 16.7. The molecule has 0 atom stereocenters. The Balaban J connectivity index is 1.81. The van der Waals surface area contributed by atoms with Gasteiger partial charge in [0.25, 0.3) is 5.91 Å². The summed E-state index contributed by atoms with van der Waals surface area (Å²) in [7, 11) is 3.19. The van der Waals surface area contributed by atoms with Gasteiger partial charge in [0.1, 0.15) is 12.4 Å². The van der Waals surface area contributed by atoms with Crippen LogP contribution in [0.3, 0.4) is 0 Å². The molecule has 29 heavy (non-hydrogen) atoms. The van der Waals surface area contributed by atoms with Gasteiger partial charge in [-0.25, -0.2) is 0 Å². The number of rotatable bonds is 7. The van der Waals surface area contributed by atoms with Crippen LogP contribution in [-0.2, 0) is 6.61 Å². The van der Waals surface area contributed by atoms with Crippen LogP contribution in [0.25, 0.3) is 0 Å². The number of hydrogen-bond donors (Lipinski definition) is 1. The number of nitrogens with one attached hydrogen (secondary N) is 1. The molecule has 3 aromatic carbocycles. The van der Waals surface area contributed by atoms with E-state index in [4.69, 9.17) is 14.2 Å². The van der Waals surface area contributed by atoms with E-state index < -0.39 is 0 Å². The van der Waals surface area contributed by atoms with Gasteiger partial charge in [-0.3, -0.25) is 4.79 Å². The highest BCUT2D eigenvalue weighted by Gasteiger charge is 2.13. The molecule has 0 spiro atoms. The molecule has 3 rings (SSSR count). The van der Waals surface area contributed by atoms with Crippen molar-refractivity contribution < 1.29 is 19.0 Å². The number of para-hydroxylation sites is 2. The lowest BCUT2D eigenvalue weighted by Gasteiger charge is -2.14. The fourth-order valence-corrected chi connectivity index (χ4v) is 2.99. The summed E-state index contributed by atoms with van der Waals surface area (Å²) >= 11 is 0. The Kier molecular flexibility index (Phi) is 6.39. The maximum atomic E-state index is 12.8. The maximum Gasteiger partial charge on any atom is 0.255 e. The van der Waals surface area contributed by atoms with E-state index in [1.54, 1.807) is 32.4 Å². The van der Waals surface area contributed by atoms with E-state index in [9.17, 15) is 4.79 Å².